The van der Waals surface area contributed by atoms with Crippen molar-refractivity contribution in [2.24, 2.45) is 5.92 Å². The number of aromatic nitrogens is 2. The number of halogens is 3. The van der Waals surface area contributed by atoms with Gasteiger partial charge >= 0.3 is 11.9 Å². The first-order valence-electron chi connectivity index (χ1n) is 15.3. The van der Waals surface area contributed by atoms with E-state index >= 15 is 0 Å². The molecule has 9 nitrogen and oxygen atoms in total. The van der Waals surface area contributed by atoms with E-state index in [1.54, 1.807) is 6.20 Å². The molecular weight excluding hydrogens is 601 g/mol. The minimum Gasteiger partial charge on any atom is -0.460 e. The van der Waals surface area contributed by atoms with Crippen molar-refractivity contribution >= 4 is 29.1 Å². The predicted molar refractivity (Wildman–Crippen MR) is 164 cm³/mol. The number of benzene rings is 1. The summed E-state index contributed by atoms with van der Waals surface area (Å²) in [6, 6.07) is 3.91. The first-order valence-corrected chi connectivity index (χ1v) is 15.3. The van der Waals surface area contributed by atoms with Crippen LogP contribution in [0.15, 0.2) is 30.5 Å². The molecule has 0 bridgehead atoms. The predicted octanol–water partition coefficient (Wildman–Crippen LogP) is 6.07. The number of piperidine rings is 1. The number of anilines is 2. The molecule has 244 valence electrons. The molecule has 2 atom stereocenters. The summed E-state index contributed by atoms with van der Waals surface area (Å²) in [6.45, 7) is 7.95. The van der Waals surface area contributed by atoms with E-state index in [0.717, 1.165) is 48.4 Å². The molecule has 2 N–H and O–H groups in total. The highest BCUT2D eigenvalue weighted by Gasteiger charge is 2.35. The minimum absolute atomic E-state index is 0.00531. The van der Waals surface area contributed by atoms with Crippen LogP contribution < -0.4 is 10.6 Å². The van der Waals surface area contributed by atoms with Gasteiger partial charge in [0.15, 0.2) is 11.6 Å². The number of nitrogens with zero attached hydrogens (tertiary/aromatic N) is 3. The third-order valence-corrected chi connectivity index (χ3v) is 8.06. The van der Waals surface area contributed by atoms with E-state index in [9.17, 15) is 27.6 Å². The number of Topliss-reactive ketones (excluding diaryl/α,β-unsaturated/α-hetero) is 1. The summed E-state index contributed by atoms with van der Waals surface area (Å²) in [5.74, 6) is -4.47. The van der Waals surface area contributed by atoms with Crippen LogP contribution in [0, 0.1) is 23.4 Å². The van der Waals surface area contributed by atoms with Gasteiger partial charge in [-0.15, -0.1) is 0 Å². The highest BCUT2D eigenvalue weighted by atomic mass is 19.1. The summed E-state index contributed by atoms with van der Waals surface area (Å²) in [5.41, 5.74) is 6.17. The summed E-state index contributed by atoms with van der Waals surface area (Å²) >= 11 is 0. The van der Waals surface area contributed by atoms with Gasteiger partial charge in [0, 0.05) is 55.5 Å². The molecule has 5 rings (SSSR count). The fraction of sp³-hybridized carbons (Fsp3) is 0.441. The maximum atomic E-state index is 14.9. The third kappa shape index (κ3) is 7.16. The molecular formula is C34H37F3N4O5. The zero-order valence-electron chi connectivity index (χ0n) is 26.3. The lowest BCUT2D eigenvalue weighted by Crippen LogP contribution is -2.38. The standard InChI is InChI=1S/C34H37F3N4O5/c1-18(42)45-27-11-10-21-30(27)39-16-20(33(21)41-12-6-7-19(17-41)13-28(44)46-34(2,3)4)14-26(43)32-25(38)15-24(37)31(40-32)29-22(35)8-5-9-23(29)36/h5,8-9,15-16,19,27H,6-7,10-14,17,38H2,1-4H3/t19-,27?/m1/s1. The topological polar surface area (TPSA) is 125 Å². The Balaban J connectivity index is 1.50. The van der Waals surface area contributed by atoms with Crippen molar-refractivity contribution in [1.29, 1.82) is 0 Å². The van der Waals surface area contributed by atoms with Crippen LogP contribution in [0.2, 0.25) is 0 Å². The lowest BCUT2D eigenvalue weighted by Gasteiger charge is -2.36. The van der Waals surface area contributed by atoms with Gasteiger partial charge in [-0.1, -0.05) is 6.07 Å². The molecule has 1 aliphatic heterocycles. The van der Waals surface area contributed by atoms with Crippen molar-refractivity contribution in [2.45, 2.75) is 77.9 Å². The zero-order valence-corrected chi connectivity index (χ0v) is 26.3. The Bertz CT molecular complexity index is 1670. The molecule has 3 aromatic rings. The molecule has 1 fully saturated rings. The van der Waals surface area contributed by atoms with E-state index < -0.39 is 52.2 Å². The molecule has 2 aromatic heterocycles. The fourth-order valence-corrected chi connectivity index (χ4v) is 6.31. The van der Waals surface area contributed by atoms with Gasteiger partial charge in [-0.25, -0.2) is 18.2 Å². The Morgan fingerprint density at radius 2 is 1.80 bits per heavy atom. The Labute approximate surface area is 265 Å². The number of nitrogens with two attached hydrogens (primary N) is 1. The Morgan fingerprint density at radius 1 is 1.09 bits per heavy atom. The quantitative estimate of drug-likeness (QED) is 0.231. The van der Waals surface area contributed by atoms with Crippen molar-refractivity contribution in [3.8, 4) is 11.3 Å². The van der Waals surface area contributed by atoms with Crippen LogP contribution in [-0.2, 0) is 31.9 Å². The van der Waals surface area contributed by atoms with Gasteiger partial charge in [0.25, 0.3) is 0 Å². The minimum atomic E-state index is -1.07. The second kappa shape index (κ2) is 13.1. The van der Waals surface area contributed by atoms with Crippen LogP contribution in [0.1, 0.15) is 86.8 Å². The average molecular weight is 639 g/mol. The Kier molecular flexibility index (Phi) is 9.37. The van der Waals surface area contributed by atoms with Gasteiger partial charge in [0.2, 0.25) is 0 Å². The van der Waals surface area contributed by atoms with Crippen LogP contribution in [0.3, 0.4) is 0 Å². The largest absolute Gasteiger partial charge is 0.460 e. The van der Waals surface area contributed by atoms with Crippen molar-refractivity contribution in [3.05, 3.63) is 70.4 Å². The number of fused-ring (bicyclic) bond motifs is 1. The van der Waals surface area contributed by atoms with Crippen LogP contribution in [0.5, 0.6) is 0 Å². The first kappa shape index (κ1) is 32.9. The summed E-state index contributed by atoms with van der Waals surface area (Å²) < 4.78 is 55.1. The number of ether oxygens (including phenoxy) is 2. The average Bonchev–Trinajstić information content (AvgIpc) is 3.34. The smallest absolute Gasteiger partial charge is 0.306 e. The third-order valence-electron chi connectivity index (χ3n) is 8.06. The number of carbonyl (C=O) groups is 3. The molecule has 0 spiro atoms. The zero-order chi connectivity index (χ0) is 33.3. The summed E-state index contributed by atoms with van der Waals surface area (Å²) in [6.07, 6.45) is 3.66. The summed E-state index contributed by atoms with van der Waals surface area (Å²) in [7, 11) is 0. The monoisotopic (exact) mass is 638 g/mol. The number of esters is 2. The van der Waals surface area contributed by atoms with Crippen LogP contribution in [0.4, 0.5) is 24.5 Å². The normalized spacial score (nSPS) is 17.8. The lowest BCUT2D eigenvalue weighted by molar-refractivity contribution is -0.156. The van der Waals surface area contributed by atoms with Crippen molar-refractivity contribution in [3.63, 3.8) is 0 Å². The number of carbonyl (C=O) groups excluding carboxylic acids is 3. The van der Waals surface area contributed by atoms with Gasteiger partial charge in [0.05, 0.1) is 23.4 Å². The van der Waals surface area contributed by atoms with E-state index in [-0.39, 0.29) is 36.1 Å². The van der Waals surface area contributed by atoms with Gasteiger partial charge in [-0.3, -0.25) is 19.4 Å². The molecule has 46 heavy (non-hydrogen) atoms. The number of hydrogen-bond acceptors (Lipinski definition) is 9. The Hall–Kier alpha value is -4.48. The number of nitrogen functional groups attached to an aromatic ring is 1. The SMILES string of the molecule is CC(=O)OC1CCc2c1ncc(CC(=O)c1nc(-c3c(F)cccc3F)c(F)cc1N)c2N1CCC[C@H](CC(=O)OC(C)(C)C)C1. The van der Waals surface area contributed by atoms with Crippen LogP contribution in [-0.4, -0.2) is 46.4 Å². The molecule has 12 heteroatoms. The summed E-state index contributed by atoms with van der Waals surface area (Å²) in [4.78, 5) is 49.0. The number of hydrogen-bond donors (Lipinski definition) is 1. The van der Waals surface area contributed by atoms with Gasteiger partial charge < -0.3 is 20.1 Å². The molecule has 0 amide bonds. The van der Waals surface area contributed by atoms with Crippen molar-refractivity contribution in [2.75, 3.05) is 23.7 Å². The second-order valence-corrected chi connectivity index (χ2v) is 12.8. The van der Waals surface area contributed by atoms with E-state index in [2.05, 4.69) is 14.9 Å². The molecule has 0 saturated carbocycles. The van der Waals surface area contributed by atoms with E-state index in [1.807, 2.05) is 20.8 Å². The molecule has 2 aliphatic rings. The van der Waals surface area contributed by atoms with E-state index in [4.69, 9.17) is 15.2 Å². The van der Waals surface area contributed by atoms with Crippen molar-refractivity contribution in [1.82, 2.24) is 9.97 Å². The maximum absolute atomic E-state index is 14.9. The molecule has 3 heterocycles. The lowest BCUT2D eigenvalue weighted by atomic mass is 9.92. The van der Waals surface area contributed by atoms with Crippen molar-refractivity contribution < 1.29 is 37.0 Å². The molecule has 0 radical (unpaired) electrons. The highest BCUT2D eigenvalue weighted by molar-refractivity contribution is 6.01. The van der Waals surface area contributed by atoms with E-state index in [0.29, 0.717) is 37.2 Å². The van der Waals surface area contributed by atoms with Gasteiger partial charge in [-0.05, 0) is 64.5 Å². The molecule has 1 unspecified atom stereocenters. The maximum Gasteiger partial charge on any atom is 0.306 e. The molecule has 1 saturated heterocycles. The van der Waals surface area contributed by atoms with Gasteiger partial charge in [0.1, 0.15) is 34.7 Å². The Morgan fingerprint density at radius 3 is 2.48 bits per heavy atom. The van der Waals surface area contributed by atoms with Crippen LogP contribution in [0.25, 0.3) is 11.3 Å². The number of ketones is 1. The molecule has 1 aromatic carbocycles. The second-order valence-electron chi connectivity index (χ2n) is 12.8. The highest BCUT2D eigenvalue weighted by Crippen LogP contribution is 2.42. The summed E-state index contributed by atoms with van der Waals surface area (Å²) in [5, 5.41) is 0. The number of pyridine rings is 2. The van der Waals surface area contributed by atoms with E-state index in [1.165, 1.54) is 6.92 Å². The molecule has 1 aliphatic carbocycles. The van der Waals surface area contributed by atoms with Gasteiger partial charge in [-0.2, -0.15) is 0 Å². The number of rotatable bonds is 8. The fourth-order valence-electron chi connectivity index (χ4n) is 6.31. The van der Waals surface area contributed by atoms with Crippen LogP contribution >= 0.6 is 0 Å². The first-order chi connectivity index (χ1) is 21.7.